The van der Waals surface area contributed by atoms with Crippen molar-refractivity contribution in [3.8, 4) is 5.88 Å². The maximum atomic E-state index is 10.1. The van der Waals surface area contributed by atoms with Crippen LogP contribution in [0.5, 0.6) is 5.88 Å². The van der Waals surface area contributed by atoms with Crippen LogP contribution in [0.15, 0.2) is 0 Å². The third kappa shape index (κ3) is 13.7. The molecule has 1 aromatic heterocycles. The van der Waals surface area contributed by atoms with Crippen LogP contribution in [0.25, 0.3) is 0 Å². The van der Waals surface area contributed by atoms with Gasteiger partial charge in [-0.15, -0.1) is 0 Å². The predicted octanol–water partition coefficient (Wildman–Crippen LogP) is 0.222. The van der Waals surface area contributed by atoms with Crippen molar-refractivity contribution >= 4 is 68.4 Å². The summed E-state index contributed by atoms with van der Waals surface area (Å²) in [7, 11) is -4.67. The molecule has 0 aromatic carbocycles. The smallest absolute Gasteiger partial charge is 0.394 e. The summed E-state index contributed by atoms with van der Waals surface area (Å²) in [5.74, 6) is -0.947. The van der Waals surface area contributed by atoms with Gasteiger partial charge in [0.2, 0.25) is 15.6 Å². The van der Waals surface area contributed by atoms with Crippen molar-refractivity contribution in [1.82, 2.24) is 9.97 Å². The van der Waals surface area contributed by atoms with Gasteiger partial charge in [0.05, 0.1) is 0 Å². The molecule has 0 bridgehead atoms. The van der Waals surface area contributed by atoms with Crippen molar-refractivity contribution in [1.29, 1.82) is 0 Å². The summed E-state index contributed by atoms with van der Waals surface area (Å²) in [6, 6.07) is 0. The fourth-order valence-corrected chi connectivity index (χ4v) is 0.492. The molecule has 0 saturated heterocycles. The van der Waals surface area contributed by atoms with Gasteiger partial charge in [0, 0.05) is 0 Å². The number of anilines is 3. The first-order chi connectivity index (χ1) is 9.55. The van der Waals surface area contributed by atoms with Gasteiger partial charge in [-0.2, -0.15) is 18.4 Å². The number of aromatic hydroxyl groups is 1. The summed E-state index contributed by atoms with van der Waals surface area (Å²) in [4.78, 5) is 16.9. The Labute approximate surface area is 139 Å². The molecule has 1 rings (SSSR count). The maximum Gasteiger partial charge on any atom is 0.394 e. The highest BCUT2D eigenvalue weighted by atomic mass is 35.6. The van der Waals surface area contributed by atoms with Crippen LogP contribution < -0.4 is 17.2 Å². The molecule has 0 aliphatic carbocycles. The Morgan fingerprint density at radius 3 is 1.68 bits per heavy atom. The van der Waals surface area contributed by atoms with Crippen LogP contribution in [0.3, 0.4) is 0 Å². The molecule has 1 heterocycles. The Morgan fingerprint density at radius 1 is 1.14 bits per heavy atom. The summed E-state index contributed by atoms with van der Waals surface area (Å²) in [6.07, 6.45) is 0. The zero-order valence-electron chi connectivity index (χ0n) is 10.7. The molecule has 1 aromatic rings. The molecule has 0 amide bonds. The van der Waals surface area contributed by atoms with Crippen LogP contribution in [-0.4, -0.2) is 42.2 Å². The monoisotopic (exact) mass is 399 g/mol. The van der Waals surface area contributed by atoms with Gasteiger partial charge in [0.15, 0.2) is 11.6 Å². The lowest BCUT2D eigenvalue weighted by atomic mass is 10.5. The summed E-state index contributed by atoms with van der Waals surface area (Å²) in [5, 5.41) is 8.84. The number of rotatable bonds is 0. The molecule has 0 fully saturated rings. The van der Waals surface area contributed by atoms with Crippen LogP contribution in [0.4, 0.5) is 17.5 Å². The van der Waals surface area contributed by atoms with E-state index in [9.17, 15) is 4.79 Å². The molecular weight excluding hydrogens is 389 g/mol. The molecule has 22 heavy (non-hydrogen) atoms. The first-order valence-electron chi connectivity index (χ1n) is 4.70. The fraction of sp³-hybridized carbons (Fsp3) is 0.286. The number of nitrogen functional groups attached to an aromatic ring is 3. The van der Waals surface area contributed by atoms with Crippen molar-refractivity contribution in [3.05, 3.63) is 0 Å². The van der Waals surface area contributed by atoms with E-state index < -0.39 is 20.0 Å². The third-order valence-electron chi connectivity index (χ3n) is 1.37. The summed E-state index contributed by atoms with van der Waals surface area (Å²) >= 11 is 15.1. The van der Waals surface area contributed by atoms with E-state index in [2.05, 4.69) is 9.97 Å². The first kappa shape index (κ1) is 23.0. The largest absolute Gasteiger partial charge is 0.492 e. The molecule has 15 heteroatoms. The average molecular weight is 401 g/mol. The van der Waals surface area contributed by atoms with Crippen LogP contribution in [0, 0.1) is 0 Å². The Bertz CT molecular complexity index is 589. The zero-order chi connectivity index (χ0) is 18.3. The van der Waals surface area contributed by atoms with Gasteiger partial charge in [0.25, 0.3) is 0 Å². The number of hydrogen-bond acceptors (Lipinski definition) is 9. The summed E-state index contributed by atoms with van der Waals surface area (Å²) < 4.78 is 29.9. The van der Waals surface area contributed by atoms with Crippen molar-refractivity contribution in [3.63, 3.8) is 0 Å². The molecule has 0 atom stereocenters. The number of carbonyl (C=O) groups excluding carboxylic acids is 1. The van der Waals surface area contributed by atoms with E-state index in [1.54, 1.807) is 0 Å². The molecular formula is C7H12Cl3N5O6S. The van der Waals surface area contributed by atoms with E-state index in [4.69, 9.17) is 74.6 Å². The molecule has 0 unspecified atom stereocenters. The fourth-order valence-electron chi connectivity index (χ4n) is 0.492. The lowest BCUT2D eigenvalue weighted by molar-refractivity contribution is -0.116. The number of Topliss-reactive ketones (excluding diaryl/α,β-unsaturated/α-hetero) is 1. The molecule has 0 aliphatic rings. The minimum atomic E-state index is -4.67. The lowest BCUT2D eigenvalue weighted by Gasteiger charge is -2.01. The van der Waals surface area contributed by atoms with Crippen molar-refractivity contribution in [2.75, 3.05) is 17.2 Å². The van der Waals surface area contributed by atoms with Crippen LogP contribution in [0.1, 0.15) is 6.92 Å². The Balaban J connectivity index is 0. The topological polar surface area (TPSA) is 216 Å². The highest BCUT2D eigenvalue weighted by Crippen LogP contribution is 2.26. The molecule has 0 spiro atoms. The van der Waals surface area contributed by atoms with Gasteiger partial charge in [-0.05, 0) is 6.92 Å². The van der Waals surface area contributed by atoms with Gasteiger partial charge in [-0.25, -0.2) is 0 Å². The van der Waals surface area contributed by atoms with Crippen LogP contribution >= 0.6 is 34.8 Å². The molecule has 128 valence electrons. The predicted molar refractivity (Wildman–Crippen MR) is 82.1 cm³/mol. The van der Waals surface area contributed by atoms with Gasteiger partial charge in [-0.3, -0.25) is 13.9 Å². The molecule has 0 aliphatic heterocycles. The van der Waals surface area contributed by atoms with Gasteiger partial charge >= 0.3 is 10.4 Å². The number of hydrogen-bond donors (Lipinski definition) is 6. The van der Waals surface area contributed by atoms with E-state index in [1.807, 2.05) is 0 Å². The molecule has 9 N–H and O–H groups in total. The Hall–Kier alpha value is -1.31. The van der Waals surface area contributed by atoms with Gasteiger partial charge < -0.3 is 22.3 Å². The SMILES string of the molecule is CC(=O)C(Cl)(Cl)Cl.Nc1nc(N)c(N)c(O)n1.O=S(=O)(O)O. The second-order valence-electron chi connectivity index (χ2n) is 3.21. The van der Waals surface area contributed by atoms with E-state index in [0.29, 0.717) is 0 Å². The number of nitrogens with zero attached hydrogens (tertiary/aromatic N) is 2. The summed E-state index contributed by atoms with van der Waals surface area (Å²) in [6.45, 7) is 1.22. The second-order valence-corrected chi connectivity index (χ2v) is 6.38. The third-order valence-corrected chi connectivity index (χ3v) is 2.17. The van der Waals surface area contributed by atoms with E-state index in [1.165, 1.54) is 6.92 Å². The highest BCUT2D eigenvalue weighted by molar-refractivity contribution is 7.79. The number of aromatic nitrogens is 2. The maximum absolute atomic E-state index is 10.1. The summed E-state index contributed by atoms with van der Waals surface area (Å²) in [5.41, 5.74) is 15.5. The van der Waals surface area contributed by atoms with Crippen LogP contribution in [-0.2, 0) is 15.2 Å². The van der Waals surface area contributed by atoms with Gasteiger partial charge in [0.1, 0.15) is 5.69 Å². The standard InChI is InChI=1S/C4H7N5O.C3H3Cl3O.H2O4S/c5-1-2(6)8-4(7)9-3(1)10;1-2(7)3(4,5)6;1-5(2,3)4/h5H2,(H5,6,7,8,9,10);1H3;(H2,1,2,3,4). The number of alkyl halides is 3. The number of nitrogens with two attached hydrogens (primary N) is 3. The van der Waals surface area contributed by atoms with Crippen LogP contribution in [0.2, 0.25) is 0 Å². The first-order valence-corrected chi connectivity index (χ1v) is 7.23. The normalized spacial score (nSPS) is 10.6. The minimum absolute atomic E-state index is 0.00926. The van der Waals surface area contributed by atoms with E-state index in [0.717, 1.165) is 0 Å². The van der Waals surface area contributed by atoms with Crippen molar-refractivity contribution in [2.24, 2.45) is 0 Å². The molecule has 11 nitrogen and oxygen atoms in total. The second kappa shape index (κ2) is 8.97. The van der Waals surface area contributed by atoms with Gasteiger partial charge in [-0.1, -0.05) is 34.8 Å². The van der Waals surface area contributed by atoms with Crippen molar-refractivity contribution in [2.45, 2.75) is 10.7 Å². The minimum Gasteiger partial charge on any atom is -0.492 e. The number of halogens is 3. The number of carbonyl (C=O) groups is 1. The Morgan fingerprint density at radius 2 is 1.45 bits per heavy atom. The zero-order valence-corrected chi connectivity index (χ0v) is 13.8. The quantitative estimate of drug-likeness (QED) is 0.255. The highest BCUT2D eigenvalue weighted by Gasteiger charge is 2.25. The molecule has 0 radical (unpaired) electrons. The Kier molecular flexibility index (Phi) is 9.36. The van der Waals surface area contributed by atoms with Crippen molar-refractivity contribution < 1.29 is 27.4 Å². The number of ketones is 1. The van der Waals surface area contributed by atoms with E-state index in [-0.39, 0.29) is 23.3 Å². The lowest BCUT2D eigenvalue weighted by Crippen LogP contribution is -2.13. The molecule has 0 saturated carbocycles. The average Bonchev–Trinajstić information content (AvgIpc) is 2.22. The van der Waals surface area contributed by atoms with E-state index >= 15 is 0 Å².